The highest BCUT2D eigenvalue weighted by atomic mass is 35.5. The number of hydrogen-bond donors (Lipinski definition) is 2. The molecule has 0 aliphatic carbocycles. The van der Waals surface area contributed by atoms with Gasteiger partial charge in [0, 0.05) is 25.6 Å². The van der Waals surface area contributed by atoms with E-state index in [1.54, 1.807) is 0 Å². The average molecular weight is 319 g/mol. The lowest BCUT2D eigenvalue weighted by molar-refractivity contribution is 0.189. The topological polar surface area (TPSA) is 75.3 Å². The fraction of sp³-hybridized carbons (Fsp3) is 0.375. The summed E-state index contributed by atoms with van der Waals surface area (Å²) >= 11 is 6.22. The molecule has 1 aliphatic heterocycles. The minimum Gasteiger partial charge on any atom is -0.396 e. The van der Waals surface area contributed by atoms with Crippen LogP contribution in [0.1, 0.15) is 17.9 Å². The fourth-order valence-electron chi connectivity index (χ4n) is 3.14. The lowest BCUT2D eigenvalue weighted by Gasteiger charge is -2.39. The molecule has 1 aliphatic rings. The van der Waals surface area contributed by atoms with Crippen molar-refractivity contribution in [3.63, 3.8) is 0 Å². The molecule has 1 aromatic heterocycles. The average Bonchev–Trinajstić information content (AvgIpc) is 2.57. The number of aromatic nitrogens is 2. The molecule has 1 aromatic carbocycles. The number of anilines is 2. The maximum atomic E-state index is 9.79. The molecular weight excluding hydrogens is 300 g/mol. The zero-order valence-corrected chi connectivity index (χ0v) is 12.9. The van der Waals surface area contributed by atoms with Gasteiger partial charge in [-0.25, -0.2) is 9.97 Å². The lowest BCUT2D eigenvalue weighted by atomic mass is 9.81. The summed E-state index contributed by atoms with van der Waals surface area (Å²) in [6.45, 7) is 1.66. The predicted molar refractivity (Wildman–Crippen MR) is 88.0 cm³/mol. The van der Waals surface area contributed by atoms with Gasteiger partial charge in [0.2, 0.25) is 0 Å². The number of nitrogens with two attached hydrogens (primary N) is 1. The Morgan fingerprint density at radius 2 is 2.05 bits per heavy atom. The number of rotatable bonds is 3. The van der Waals surface area contributed by atoms with Crippen LogP contribution in [0.5, 0.6) is 0 Å². The van der Waals surface area contributed by atoms with E-state index in [4.69, 9.17) is 17.3 Å². The monoisotopic (exact) mass is 318 g/mol. The van der Waals surface area contributed by atoms with Gasteiger partial charge < -0.3 is 15.7 Å². The SMILES string of the molecule is Nc1ncnc(N2CC[C@@H](c3ccccc3)[C@@H](CO)C2)c1Cl. The number of halogens is 1. The number of aliphatic hydroxyl groups is 1. The standard InChI is InChI=1S/C16H19ClN4O/c17-14-15(18)19-10-20-16(14)21-7-6-13(12(8-21)9-22)11-4-2-1-3-5-11/h1-5,10,12-13,22H,6-9H2,(H2,18,19,20)/t12-,13+/m1/s1. The summed E-state index contributed by atoms with van der Waals surface area (Å²) in [5.74, 6) is 1.43. The summed E-state index contributed by atoms with van der Waals surface area (Å²) in [5.41, 5.74) is 7.03. The van der Waals surface area contributed by atoms with E-state index in [9.17, 15) is 5.11 Å². The van der Waals surface area contributed by atoms with E-state index < -0.39 is 0 Å². The molecule has 0 saturated carbocycles. The molecule has 2 atom stereocenters. The molecule has 0 amide bonds. The summed E-state index contributed by atoms with van der Waals surface area (Å²) in [7, 11) is 0. The first-order valence-electron chi connectivity index (χ1n) is 7.37. The van der Waals surface area contributed by atoms with Gasteiger partial charge in [-0.2, -0.15) is 0 Å². The van der Waals surface area contributed by atoms with E-state index in [0.717, 1.165) is 13.0 Å². The van der Waals surface area contributed by atoms with Gasteiger partial charge in [-0.3, -0.25) is 0 Å². The Bertz CT molecular complexity index is 637. The van der Waals surface area contributed by atoms with Crippen LogP contribution in [-0.2, 0) is 0 Å². The number of benzene rings is 1. The minimum absolute atomic E-state index is 0.133. The quantitative estimate of drug-likeness (QED) is 0.908. The van der Waals surface area contributed by atoms with E-state index >= 15 is 0 Å². The van der Waals surface area contributed by atoms with Gasteiger partial charge in [-0.15, -0.1) is 0 Å². The molecule has 5 nitrogen and oxygen atoms in total. The van der Waals surface area contributed by atoms with Crippen molar-refractivity contribution in [2.75, 3.05) is 30.3 Å². The van der Waals surface area contributed by atoms with E-state index in [-0.39, 0.29) is 18.3 Å². The van der Waals surface area contributed by atoms with Crippen LogP contribution in [0.2, 0.25) is 5.02 Å². The number of hydrogen-bond acceptors (Lipinski definition) is 5. The molecule has 6 heteroatoms. The molecule has 1 saturated heterocycles. The van der Waals surface area contributed by atoms with Crippen LogP contribution in [-0.4, -0.2) is 34.8 Å². The molecule has 116 valence electrons. The summed E-state index contributed by atoms with van der Waals surface area (Å²) in [4.78, 5) is 10.2. The highest BCUT2D eigenvalue weighted by Crippen LogP contribution is 2.36. The van der Waals surface area contributed by atoms with Crippen molar-refractivity contribution >= 4 is 23.2 Å². The van der Waals surface area contributed by atoms with Gasteiger partial charge in [0.25, 0.3) is 0 Å². The maximum Gasteiger partial charge on any atom is 0.153 e. The Balaban J connectivity index is 1.82. The molecule has 2 heterocycles. The minimum atomic E-state index is 0.133. The lowest BCUT2D eigenvalue weighted by Crippen LogP contribution is -2.41. The van der Waals surface area contributed by atoms with Crippen molar-refractivity contribution in [3.8, 4) is 0 Å². The van der Waals surface area contributed by atoms with Crippen LogP contribution in [0.25, 0.3) is 0 Å². The summed E-state index contributed by atoms with van der Waals surface area (Å²) < 4.78 is 0. The van der Waals surface area contributed by atoms with Crippen molar-refractivity contribution in [1.82, 2.24) is 9.97 Å². The second-order valence-corrected chi connectivity index (χ2v) is 5.97. The zero-order chi connectivity index (χ0) is 15.5. The third-order valence-corrected chi connectivity index (χ3v) is 4.66. The Morgan fingerprint density at radius 1 is 1.27 bits per heavy atom. The third kappa shape index (κ3) is 2.87. The highest BCUT2D eigenvalue weighted by Gasteiger charge is 2.31. The van der Waals surface area contributed by atoms with Crippen LogP contribution in [0.3, 0.4) is 0 Å². The van der Waals surface area contributed by atoms with Crippen molar-refractivity contribution in [2.45, 2.75) is 12.3 Å². The summed E-state index contributed by atoms with van der Waals surface area (Å²) in [6.07, 6.45) is 2.36. The molecule has 1 fully saturated rings. The maximum absolute atomic E-state index is 9.79. The number of piperidine rings is 1. The van der Waals surface area contributed by atoms with Crippen LogP contribution in [0, 0.1) is 5.92 Å². The van der Waals surface area contributed by atoms with E-state index in [0.29, 0.717) is 23.3 Å². The van der Waals surface area contributed by atoms with Crippen LogP contribution >= 0.6 is 11.6 Å². The molecule has 3 N–H and O–H groups in total. The van der Waals surface area contributed by atoms with Crippen molar-refractivity contribution in [1.29, 1.82) is 0 Å². The summed E-state index contributed by atoms with van der Waals surface area (Å²) in [6, 6.07) is 10.3. The molecule has 0 unspecified atom stereocenters. The largest absolute Gasteiger partial charge is 0.396 e. The first-order valence-corrected chi connectivity index (χ1v) is 7.75. The predicted octanol–water partition coefficient (Wildman–Crippen LogP) is 2.31. The van der Waals surface area contributed by atoms with Gasteiger partial charge in [0.1, 0.15) is 17.2 Å². The van der Waals surface area contributed by atoms with Gasteiger partial charge >= 0.3 is 0 Å². The number of nitrogens with zero attached hydrogens (tertiary/aromatic N) is 3. The van der Waals surface area contributed by atoms with Crippen molar-refractivity contribution in [2.24, 2.45) is 5.92 Å². The Labute approximate surface area is 134 Å². The van der Waals surface area contributed by atoms with Crippen LogP contribution < -0.4 is 10.6 Å². The Hall–Kier alpha value is -1.85. The normalized spacial score (nSPS) is 21.8. The van der Waals surface area contributed by atoms with Gasteiger partial charge in [-0.1, -0.05) is 41.9 Å². The molecule has 0 bridgehead atoms. The van der Waals surface area contributed by atoms with E-state index in [1.807, 2.05) is 18.2 Å². The zero-order valence-electron chi connectivity index (χ0n) is 12.2. The molecule has 22 heavy (non-hydrogen) atoms. The van der Waals surface area contributed by atoms with Crippen molar-refractivity contribution in [3.05, 3.63) is 47.2 Å². The molecule has 2 aromatic rings. The first kappa shape index (κ1) is 15.1. The Morgan fingerprint density at radius 3 is 2.77 bits per heavy atom. The Kier molecular flexibility index (Phi) is 4.45. The highest BCUT2D eigenvalue weighted by molar-refractivity contribution is 6.35. The van der Waals surface area contributed by atoms with Crippen LogP contribution in [0.4, 0.5) is 11.6 Å². The van der Waals surface area contributed by atoms with Gasteiger partial charge in [0.05, 0.1) is 0 Å². The second-order valence-electron chi connectivity index (χ2n) is 5.59. The smallest absolute Gasteiger partial charge is 0.153 e. The van der Waals surface area contributed by atoms with Gasteiger partial charge in [0.15, 0.2) is 5.82 Å². The second kappa shape index (κ2) is 6.50. The fourth-order valence-corrected chi connectivity index (χ4v) is 3.36. The number of nitrogen functional groups attached to an aromatic ring is 1. The molecule has 0 spiro atoms. The third-order valence-electron chi connectivity index (χ3n) is 4.29. The summed E-state index contributed by atoms with van der Waals surface area (Å²) in [5, 5.41) is 10.2. The van der Waals surface area contributed by atoms with E-state index in [2.05, 4.69) is 27.0 Å². The molecular formula is C16H19ClN4O. The van der Waals surface area contributed by atoms with Crippen molar-refractivity contribution < 1.29 is 5.11 Å². The number of aliphatic hydroxyl groups excluding tert-OH is 1. The van der Waals surface area contributed by atoms with Crippen LogP contribution in [0.15, 0.2) is 36.7 Å². The molecule has 0 radical (unpaired) electrons. The molecule has 3 rings (SSSR count). The first-order chi connectivity index (χ1) is 10.7. The van der Waals surface area contributed by atoms with E-state index in [1.165, 1.54) is 11.9 Å². The van der Waals surface area contributed by atoms with Gasteiger partial charge in [-0.05, 0) is 17.9 Å².